The smallest absolute Gasteiger partial charge is 0.194 e. The molecule has 0 radical (unpaired) electrons. The molecule has 28 heavy (non-hydrogen) atoms. The first kappa shape index (κ1) is 28.7. The molecule has 168 valence electrons. The standard InChI is InChI=1S/C21H45N2O2PS2/c1-16(2)22(17(3)4)26(23(18(5)6)19(7)8)28-15-13-25-12-14-27-20(24)21(9,10)11/h16-19H,12-15H2,1-11H3. The third kappa shape index (κ3) is 10.6. The summed E-state index contributed by atoms with van der Waals surface area (Å²) < 4.78 is 11.2. The van der Waals surface area contributed by atoms with E-state index in [0.717, 1.165) is 18.1 Å². The average molecular weight is 453 g/mol. The number of rotatable bonds is 13. The molecule has 0 unspecified atom stereocenters. The molecule has 0 heterocycles. The minimum atomic E-state index is -0.452. The highest BCUT2D eigenvalue weighted by Crippen LogP contribution is 2.59. The minimum absolute atomic E-state index is 0.239. The second kappa shape index (κ2) is 13.9. The van der Waals surface area contributed by atoms with E-state index in [1.165, 1.54) is 11.8 Å². The van der Waals surface area contributed by atoms with Crippen LogP contribution in [-0.2, 0) is 9.53 Å². The maximum Gasteiger partial charge on any atom is 0.194 e. The van der Waals surface area contributed by atoms with Gasteiger partial charge in [-0.25, -0.2) is 0 Å². The summed E-state index contributed by atoms with van der Waals surface area (Å²) in [6.07, 6.45) is 0. The van der Waals surface area contributed by atoms with E-state index < -0.39 is 7.42 Å². The van der Waals surface area contributed by atoms with E-state index >= 15 is 0 Å². The molecule has 0 aliphatic rings. The van der Waals surface area contributed by atoms with Crippen molar-refractivity contribution in [2.75, 3.05) is 24.7 Å². The van der Waals surface area contributed by atoms with Crippen molar-refractivity contribution in [1.29, 1.82) is 0 Å². The Balaban J connectivity index is 4.68. The molecule has 0 N–H and O–H groups in total. The Morgan fingerprint density at radius 3 is 1.57 bits per heavy atom. The summed E-state index contributed by atoms with van der Waals surface area (Å²) in [4.78, 5) is 11.9. The number of carbonyl (C=O) groups is 1. The third-order valence-electron chi connectivity index (χ3n) is 4.02. The molecule has 0 fully saturated rings. The summed E-state index contributed by atoms with van der Waals surface area (Å²) in [5.74, 6) is 1.72. The van der Waals surface area contributed by atoms with Crippen molar-refractivity contribution in [3.8, 4) is 0 Å². The van der Waals surface area contributed by atoms with Gasteiger partial charge in [-0.15, -0.1) is 0 Å². The Morgan fingerprint density at radius 1 is 0.821 bits per heavy atom. The predicted molar refractivity (Wildman–Crippen MR) is 131 cm³/mol. The number of thioether (sulfide) groups is 1. The van der Waals surface area contributed by atoms with Crippen molar-refractivity contribution in [3.05, 3.63) is 0 Å². The van der Waals surface area contributed by atoms with Crippen LogP contribution in [0.15, 0.2) is 0 Å². The highest BCUT2D eigenvalue weighted by molar-refractivity contribution is 8.54. The molecule has 4 nitrogen and oxygen atoms in total. The van der Waals surface area contributed by atoms with Gasteiger partial charge in [0.1, 0.15) is 7.42 Å². The van der Waals surface area contributed by atoms with Gasteiger partial charge in [-0.2, -0.15) is 0 Å². The summed E-state index contributed by atoms with van der Waals surface area (Å²) >= 11 is 3.43. The lowest BCUT2D eigenvalue weighted by molar-refractivity contribution is -0.117. The molecule has 0 saturated heterocycles. The molecule has 0 spiro atoms. The lowest BCUT2D eigenvalue weighted by Crippen LogP contribution is -2.41. The van der Waals surface area contributed by atoms with Gasteiger partial charge in [0, 0.05) is 41.1 Å². The van der Waals surface area contributed by atoms with Gasteiger partial charge < -0.3 is 4.74 Å². The van der Waals surface area contributed by atoms with Crippen molar-refractivity contribution in [2.45, 2.75) is 100 Å². The average Bonchev–Trinajstić information content (AvgIpc) is 2.50. The molecule has 0 atom stereocenters. The molecule has 0 rings (SSSR count). The third-order valence-corrected chi connectivity index (χ3v) is 10.9. The van der Waals surface area contributed by atoms with Gasteiger partial charge in [0.25, 0.3) is 0 Å². The Kier molecular flexibility index (Phi) is 14.2. The van der Waals surface area contributed by atoms with Crippen LogP contribution in [0.3, 0.4) is 0 Å². The quantitative estimate of drug-likeness (QED) is 0.234. The maximum atomic E-state index is 11.9. The van der Waals surface area contributed by atoms with E-state index in [-0.39, 0.29) is 10.5 Å². The SMILES string of the molecule is CC(C)N(C(C)C)P(SCCOCCSC(=O)C(C)(C)C)N(C(C)C)C(C)C. The lowest BCUT2D eigenvalue weighted by Gasteiger charge is -2.46. The van der Waals surface area contributed by atoms with E-state index in [1.54, 1.807) is 0 Å². The molecule has 0 saturated carbocycles. The van der Waals surface area contributed by atoms with E-state index in [9.17, 15) is 4.79 Å². The first-order chi connectivity index (χ1) is 12.8. The first-order valence-corrected chi connectivity index (χ1v) is 14.4. The van der Waals surface area contributed by atoms with Crippen LogP contribution in [0.25, 0.3) is 0 Å². The topological polar surface area (TPSA) is 32.8 Å². The van der Waals surface area contributed by atoms with Crippen LogP contribution in [-0.4, -0.2) is 63.3 Å². The second-order valence-electron chi connectivity index (χ2n) is 9.22. The monoisotopic (exact) mass is 452 g/mol. The van der Waals surface area contributed by atoms with Gasteiger partial charge in [0.15, 0.2) is 5.12 Å². The van der Waals surface area contributed by atoms with Gasteiger partial charge in [-0.1, -0.05) is 43.9 Å². The molecule has 0 bridgehead atoms. The maximum absolute atomic E-state index is 11.9. The first-order valence-electron chi connectivity index (χ1n) is 10.5. The zero-order valence-electron chi connectivity index (χ0n) is 20.1. The lowest BCUT2D eigenvalue weighted by atomic mass is 10.00. The van der Waals surface area contributed by atoms with E-state index in [2.05, 4.69) is 64.7 Å². The fourth-order valence-corrected chi connectivity index (χ4v) is 9.96. The number of carbonyl (C=O) groups excluding carboxylic acids is 1. The van der Waals surface area contributed by atoms with E-state index in [4.69, 9.17) is 4.74 Å². The van der Waals surface area contributed by atoms with E-state index in [0.29, 0.717) is 30.8 Å². The van der Waals surface area contributed by atoms with Crippen LogP contribution in [0.1, 0.15) is 76.2 Å². The number of hydrogen-bond acceptors (Lipinski definition) is 6. The zero-order valence-corrected chi connectivity index (χ0v) is 22.6. The summed E-state index contributed by atoms with van der Waals surface area (Å²) in [6, 6.07) is 2.05. The fourth-order valence-electron chi connectivity index (χ4n) is 2.93. The van der Waals surface area contributed by atoms with Crippen molar-refractivity contribution < 1.29 is 9.53 Å². The summed E-state index contributed by atoms with van der Waals surface area (Å²) in [7, 11) is -0.452. The number of nitrogens with zero attached hydrogens (tertiary/aromatic N) is 2. The minimum Gasteiger partial charge on any atom is -0.380 e. The zero-order chi connectivity index (χ0) is 22.1. The fraction of sp³-hybridized carbons (Fsp3) is 0.952. The van der Waals surface area contributed by atoms with Crippen LogP contribution in [0.4, 0.5) is 0 Å². The Labute approximate surface area is 184 Å². The molecule has 7 heteroatoms. The van der Waals surface area contributed by atoms with E-state index in [1.807, 2.05) is 32.2 Å². The van der Waals surface area contributed by atoms with Gasteiger partial charge >= 0.3 is 0 Å². The van der Waals surface area contributed by atoms with Crippen LogP contribution in [0, 0.1) is 5.41 Å². The van der Waals surface area contributed by atoms with Crippen molar-refractivity contribution in [1.82, 2.24) is 9.34 Å². The van der Waals surface area contributed by atoms with Crippen LogP contribution in [0.2, 0.25) is 0 Å². The largest absolute Gasteiger partial charge is 0.380 e. The van der Waals surface area contributed by atoms with Gasteiger partial charge in [-0.3, -0.25) is 14.1 Å². The summed E-state index contributed by atoms with van der Waals surface area (Å²) in [5, 5.41) is 0.239. The second-order valence-corrected chi connectivity index (χ2v) is 14.1. The van der Waals surface area contributed by atoms with Crippen LogP contribution in [0.5, 0.6) is 0 Å². The van der Waals surface area contributed by atoms with Gasteiger partial charge in [0.05, 0.1) is 13.2 Å². The number of hydrogen-bond donors (Lipinski definition) is 0. The van der Waals surface area contributed by atoms with Crippen LogP contribution >= 0.6 is 30.6 Å². The van der Waals surface area contributed by atoms with Gasteiger partial charge in [-0.05, 0) is 55.4 Å². The molecule has 0 aromatic carbocycles. The Morgan fingerprint density at radius 2 is 1.21 bits per heavy atom. The molecule has 0 amide bonds. The molecule has 0 aromatic rings. The predicted octanol–water partition coefficient (Wildman–Crippen LogP) is 6.51. The highest BCUT2D eigenvalue weighted by atomic mass is 32.7. The Hall–Kier alpha value is 0.680. The van der Waals surface area contributed by atoms with Crippen molar-refractivity contribution in [2.24, 2.45) is 5.41 Å². The molecular formula is C21H45N2O2PS2. The van der Waals surface area contributed by atoms with Gasteiger partial charge in [0.2, 0.25) is 0 Å². The normalized spacial score (nSPS) is 13.4. The van der Waals surface area contributed by atoms with Crippen molar-refractivity contribution in [3.63, 3.8) is 0 Å². The number of ether oxygens (including phenoxy) is 1. The summed E-state index contributed by atoms with van der Waals surface area (Å²) in [6.45, 7) is 25.7. The molecule has 0 aromatic heterocycles. The highest BCUT2D eigenvalue weighted by Gasteiger charge is 2.33. The van der Waals surface area contributed by atoms with Crippen LogP contribution < -0.4 is 0 Å². The summed E-state index contributed by atoms with van der Waals surface area (Å²) in [5.41, 5.74) is -0.273. The molecular weight excluding hydrogens is 407 g/mol. The Bertz CT molecular complexity index is 405. The van der Waals surface area contributed by atoms with Crippen molar-refractivity contribution >= 4 is 35.7 Å². The molecule has 0 aliphatic heterocycles. The molecule has 0 aliphatic carbocycles.